The van der Waals surface area contributed by atoms with Gasteiger partial charge in [0.2, 0.25) is 5.91 Å². The number of hydrogen-bond donors (Lipinski definition) is 4. The van der Waals surface area contributed by atoms with Gasteiger partial charge >= 0.3 is 12.1 Å². The lowest BCUT2D eigenvalue weighted by atomic mass is 9.86. The average molecular weight is 481 g/mol. The van der Waals surface area contributed by atoms with Crippen molar-refractivity contribution in [1.82, 2.24) is 10.6 Å². The van der Waals surface area contributed by atoms with E-state index in [1.54, 1.807) is 0 Å². The van der Waals surface area contributed by atoms with Crippen molar-refractivity contribution in [2.24, 2.45) is 5.92 Å². The highest BCUT2D eigenvalue weighted by Gasteiger charge is 2.31. The third-order valence-electron chi connectivity index (χ3n) is 6.99. The minimum Gasteiger partial charge on any atom is -0.481 e. The zero-order chi connectivity index (χ0) is 24.8. The molecule has 0 saturated heterocycles. The van der Waals surface area contributed by atoms with Crippen LogP contribution in [-0.4, -0.2) is 53.5 Å². The van der Waals surface area contributed by atoms with Gasteiger partial charge in [-0.15, -0.1) is 0 Å². The van der Waals surface area contributed by atoms with Gasteiger partial charge in [-0.1, -0.05) is 55.0 Å². The van der Waals surface area contributed by atoms with E-state index >= 15 is 0 Å². The summed E-state index contributed by atoms with van der Waals surface area (Å²) in [6.07, 6.45) is 2.22. The molecule has 3 atom stereocenters. The second-order valence-electron chi connectivity index (χ2n) is 9.38. The lowest BCUT2D eigenvalue weighted by Gasteiger charge is -2.30. The summed E-state index contributed by atoms with van der Waals surface area (Å²) in [5, 5.41) is 24.0. The van der Waals surface area contributed by atoms with Crippen molar-refractivity contribution in [3.05, 3.63) is 59.7 Å². The van der Waals surface area contributed by atoms with E-state index in [2.05, 4.69) is 10.6 Å². The first-order chi connectivity index (χ1) is 17.0. The molecule has 4 N–H and O–H groups in total. The van der Waals surface area contributed by atoms with Gasteiger partial charge in [0.05, 0.1) is 0 Å². The highest BCUT2D eigenvalue weighted by Crippen LogP contribution is 2.44. The molecule has 0 bridgehead atoms. The molecule has 2 amide bonds. The minimum absolute atomic E-state index is 0.0402. The number of aliphatic carboxylic acids is 1. The first kappa shape index (κ1) is 24.7. The normalized spacial score (nSPS) is 19.8. The largest absolute Gasteiger partial charge is 0.481 e. The number of carboxylic acids is 1. The molecule has 186 valence electrons. The molecule has 4 rings (SSSR count). The fourth-order valence-electron chi connectivity index (χ4n) is 5.21. The number of hydrogen-bond acceptors (Lipinski definition) is 5. The van der Waals surface area contributed by atoms with E-state index in [0.717, 1.165) is 41.5 Å². The van der Waals surface area contributed by atoms with Gasteiger partial charge in [-0.25, -0.2) is 4.79 Å². The van der Waals surface area contributed by atoms with E-state index in [9.17, 15) is 19.5 Å². The van der Waals surface area contributed by atoms with Gasteiger partial charge in [-0.2, -0.15) is 0 Å². The Bertz CT molecular complexity index is 1030. The summed E-state index contributed by atoms with van der Waals surface area (Å²) in [4.78, 5) is 36.7. The zero-order valence-corrected chi connectivity index (χ0v) is 19.6. The molecule has 8 heteroatoms. The number of carbonyl (C=O) groups is 3. The predicted molar refractivity (Wildman–Crippen MR) is 130 cm³/mol. The van der Waals surface area contributed by atoms with E-state index in [4.69, 9.17) is 9.84 Å². The Balaban J connectivity index is 1.38. The first-order valence-electron chi connectivity index (χ1n) is 12.2. The quantitative estimate of drug-likeness (QED) is 0.436. The van der Waals surface area contributed by atoms with Crippen molar-refractivity contribution in [1.29, 1.82) is 0 Å². The van der Waals surface area contributed by atoms with Crippen LogP contribution in [0.15, 0.2) is 48.5 Å². The number of carbonyl (C=O) groups excluding carboxylic acids is 2. The molecule has 0 spiro atoms. The number of ether oxygens (including phenoxy) is 1. The highest BCUT2D eigenvalue weighted by molar-refractivity contribution is 5.86. The summed E-state index contributed by atoms with van der Waals surface area (Å²) in [7, 11) is 0. The second kappa shape index (κ2) is 11.4. The van der Waals surface area contributed by atoms with Crippen LogP contribution in [-0.2, 0) is 14.3 Å². The number of alkyl carbamates (subject to hydrolysis) is 1. The molecule has 2 aliphatic carbocycles. The Kier molecular flexibility index (Phi) is 8.02. The maximum absolute atomic E-state index is 12.9. The van der Waals surface area contributed by atoms with Crippen molar-refractivity contribution in [3.8, 4) is 11.1 Å². The van der Waals surface area contributed by atoms with Crippen molar-refractivity contribution >= 4 is 18.0 Å². The van der Waals surface area contributed by atoms with E-state index in [1.807, 2.05) is 48.5 Å². The van der Waals surface area contributed by atoms with Crippen LogP contribution in [0.3, 0.4) is 0 Å². The van der Waals surface area contributed by atoms with Crippen LogP contribution in [0.5, 0.6) is 0 Å². The van der Waals surface area contributed by atoms with Crippen molar-refractivity contribution in [2.45, 2.75) is 56.5 Å². The number of aliphatic hydroxyl groups excluding tert-OH is 1. The van der Waals surface area contributed by atoms with Gasteiger partial charge in [-0.05, 0) is 53.9 Å². The summed E-state index contributed by atoms with van der Waals surface area (Å²) < 4.78 is 5.54. The molecule has 0 aliphatic heterocycles. The number of rotatable bonds is 9. The molecule has 2 aliphatic rings. The van der Waals surface area contributed by atoms with E-state index < -0.39 is 24.0 Å². The Morgan fingerprint density at radius 1 is 1.00 bits per heavy atom. The molecular weight excluding hydrogens is 448 g/mol. The topological polar surface area (TPSA) is 125 Å². The van der Waals surface area contributed by atoms with Crippen LogP contribution >= 0.6 is 0 Å². The SMILES string of the molecule is O=C(O)CCC(NC(=O)OCC1c2ccccc2-c2ccccc21)C(=O)NC1CCCC(CO)C1. The number of aliphatic hydroxyl groups is 1. The fraction of sp³-hybridized carbons (Fsp3) is 0.444. The van der Waals surface area contributed by atoms with E-state index in [1.165, 1.54) is 0 Å². The summed E-state index contributed by atoms with van der Waals surface area (Å²) in [6, 6.07) is 14.9. The second-order valence-corrected chi connectivity index (χ2v) is 9.38. The molecule has 35 heavy (non-hydrogen) atoms. The standard InChI is InChI=1S/C27H32N2O6/c30-15-17-6-5-7-18(14-17)28-26(33)24(12-13-25(31)32)29-27(34)35-16-23-21-10-3-1-8-19(21)20-9-2-4-11-22(20)23/h1-4,8-11,17-18,23-24,30H,5-7,12-16H2,(H,28,33)(H,29,34)(H,31,32). The Labute approximate surface area is 204 Å². The molecule has 3 unspecified atom stereocenters. The summed E-state index contributed by atoms with van der Waals surface area (Å²) in [5.41, 5.74) is 4.39. The predicted octanol–water partition coefficient (Wildman–Crippen LogP) is 3.43. The average Bonchev–Trinajstić information content (AvgIpc) is 3.19. The highest BCUT2D eigenvalue weighted by atomic mass is 16.5. The lowest BCUT2D eigenvalue weighted by molar-refractivity contribution is -0.137. The third-order valence-corrected chi connectivity index (χ3v) is 6.99. The van der Waals surface area contributed by atoms with Gasteiger partial charge < -0.3 is 25.6 Å². The van der Waals surface area contributed by atoms with Gasteiger partial charge in [-0.3, -0.25) is 9.59 Å². The Morgan fingerprint density at radius 3 is 2.29 bits per heavy atom. The summed E-state index contributed by atoms with van der Waals surface area (Å²) in [6.45, 7) is 0.181. The number of amides is 2. The smallest absolute Gasteiger partial charge is 0.407 e. The van der Waals surface area contributed by atoms with Gasteiger partial charge in [0.1, 0.15) is 12.6 Å². The summed E-state index contributed by atoms with van der Waals surface area (Å²) in [5.74, 6) is -1.45. The number of carboxylic acid groups (broad SMARTS) is 1. The van der Waals surface area contributed by atoms with Crippen LogP contribution < -0.4 is 10.6 Å². The number of nitrogens with one attached hydrogen (secondary N) is 2. The molecule has 1 saturated carbocycles. The van der Waals surface area contributed by atoms with Crippen LogP contribution in [0.25, 0.3) is 11.1 Å². The molecule has 0 radical (unpaired) electrons. The monoisotopic (exact) mass is 480 g/mol. The molecule has 2 aromatic carbocycles. The maximum Gasteiger partial charge on any atom is 0.407 e. The van der Waals surface area contributed by atoms with E-state index in [-0.39, 0.29) is 43.9 Å². The van der Waals surface area contributed by atoms with Crippen molar-refractivity contribution in [3.63, 3.8) is 0 Å². The van der Waals surface area contributed by atoms with Crippen LogP contribution in [0.4, 0.5) is 4.79 Å². The molecular formula is C27H32N2O6. The number of fused-ring (bicyclic) bond motifs is 3. The lowest BCUT2D eigenvalue weighted by Crippen LogP contribution is -2.51. The Morgan fingerprint density at radius 2 is 1.66 bits per heavy atom. The molecule has 0 heterocycles. The fourth-order valence-corrected chi connectivity index (χ4v) is 5.21. The van der Waals surface area contributed by atoms with Crippen molar-refractivity contribution in [2.75, 3.05) is 13.2 Å². The van der Waals surface area contributed by atoms with Gasteiger partial charge in [0, 0.05) is 25.0 Å². The van der Waals surface area contributed by atoms with Crippen LogP contribution in [0.1, 0.15) is 55.6 Å². The summed E-state index contributed by atoms with van der Waals surface area (Å²) >= 11 is 0. The zero-order valence-electron chi connectivity index (χ0n) is 19.6. The minimum atomic E-state index is -1.05. The third kappa shape index (κ3) is 6.00. The first-order valence-corrected chi connectivity index (χ1v) is 12.2. The van der Waals surface area contributed by atoms with Crippen molar-refractivity contribution < 1.29 is 29.3 Å². The van der Waals surface area contributed by atoms with Crippen LogP contribution in [0, 0.1) is 5.92 Å². The van der Waals surface area contributed by atoms with Crippen LogP contribution in [0.2, 0.25) is 0 Å². The molecule has 8 nitrogen and oxygen atoms in total. The molecule has 1 fully saturated rings. The van der Waals surface area contributed by atoms with Gasteiger partial charge in [0.25, 0.3) is 0 Å². The van der Waals surface area contributed by atoms with Gasteiger partial charge in [0.15, 0.2) is 0 Å². The number of benzene rings is 2. The molecule has 2 aromatic rings. The molecule has 0 aromatic heterocycles. The van der Waals surface area contributed by atoms with E-state index in [0.29, 0.717) is 6.42 Å². The Hall–Kier alpha value is -3.39. The maximum atomic E-state index is 12.9.